The number of aliphatic hydroxyl groups excluding tert-OH is 4. The molecule has 0 spiro atoms. The number of nitrogens with zero attached hydrogens (tertiary/aromatic N) is 11. The summed E-state index contributed by atoms with van der Waals surface area (Å²) < 4.78 is 37.0. The van der Waals surface area contributed by atoms with Crippen LogP contribution < -0.4 is 9.47 Å². The van der Waals surface area contributed by atoms with E-state index < -0.39 is 5.82 Å². The lowest BCUT2D eigenvalue weighted by Crippen LogP contribution is -2.01. The first-order valence-corrected chi connectivity index (χ1v) is 48.2. The van der Waals surface area contributed by atoms with Crippen molar-refractivity contribution in [3.05, 3.63) is 368 Å². The number of aromatic hydroxyl groups is 1. The van der Waals surface area contributed by atoms with E-state index in [1.807, 2.05) is 188 Å². The quantitative estimate of drug-likeness (QED) is 0.0271. The van der Waals surface area contributed by atoms with E-state index in [0.29, 0.717) is 152 Å². The third-order valence-electron chi connectivity index (χ3n) is 21.6. The van der Waals surface area contributed by atoms with E-state index in [1.54, 1.807) is 54.6 Å². The number of ether oxygens (including phenoxy) is 2. The number of benzene rings is 11. The third kappa shape index (κ3) is 46.1. The first kappa shape index (κ1) is 126. The maximum Gasteiger partial charge on any atom is 0.144 e. The Balaban J connectivity index is 0.000000782. The van der Waals surface area contributed by atoms with Crippen LogP contribution in [0.15, 0.2) is 206 Å². The number of rotatable bonds is 22. The molecule has 0 radical (unpaired) electrons. The highest BCUT2D eigenvalue weighted by Gasteiger charge is 2.15. The first-order chi connectivity index (χ1) is 67.4. The molecule has 22 heteroatoms. The van der Waals surface area contributed by atoms with Gasteiger partial charge in [0, 0.05) is 31.8 Å². The van der Waals surface area contributed by atoms with Crippen molar-refractivity contribution >= 4 is 24.2 Å². The van der Waals surface area contributed by atoms with Crippen molar-refractivity contribution in [1.29, 1.82) is 57.9 Å². The van der Waals surface area contributed by atoms with Crippen LogP contribution in [0.1, 0.15) is 375 Å². The molecule has 0 aliphatic rings. The Morgan fingerprint density at radius 2 is 0.676 bits per heavy atom. The number of aliphatic hydroxyl groups is 4. The minimum Gasteiger partial charge on any atom is -0.508 e. The van der Waals surface area contributed by atoms with Crippen LogP contribution >= 0.6 is 24.2 Å². The summed E-state index contributed by atoms with van der Waals surface area (Å²) in [5.41, 5.74) is 21.4. The molecule has 5 N–H and O–H groups in total. The van der Waals surface area contributed by atoms with E-state index in [1.165, 1.54) is 34.9 Å². The Kier molecular flexibility index (Phi) is 60.6. The van der Waals surface area contributed by atoms with Crippen molar-refractivity contribution in [2.75, 3.05) is 26.4 Å². The van der Waals surface area contributed by atoms with Crippen LogP contribution in [0.3, 0.4) is 0 Å². The summed E-state index contributed by atoms with van der Waals surface area (Å²) in [6.07, 6.45) is 1.19. The van der Waals surface area contributed by atoms with Crippen LogP contribution in [-0.4, -0.2) is 52.0 Å². The van der Waals surface area contributed by atoms with Crippen LogP contribution in [0.25, 0.3) is 0 Å². The van der Waals surface area contributed by atoms with Crippen molar-refractivity contribution in [3.8, 4) is 84.0 Å². The van der Waals surface area contributed by atoms with E-state index in [-0.39, 0.29) is 55.0 Å². The molecule has 0 saturated carbocycles. The third-order valence-corrected chi connectivity index (χ3v) is 22.3. The van der Waals surface area contributed by atoms with Crippen LogP contribution in [0, 0.1) is 143 Å². The fourth-order valence-electron chi connectivity index (χ4n) is 12.5. The first-order valence-electron chi connectivity index (χ1n) is 47.2. The van der Waals surface area contributed by atoms with Gasteiger partial charge in [-0.3, -0.25) is 0 Å². The number of phenolic OH excluding ortho intramolecular Hbond substituents is 1. The molecule has 11 aromatic carbocycles. The standard InChI is InChI=1S/2C13H17NO2.2C11H13NO.C11H13NS.C11H13N.C10H10ClN.2C10H10FN.C10H11NO.C10H11N/c1-10(2)11-4-5-13(12(8-11)9-14)16-7-3-6-15;1-10(2)12-6-11(9-14)7-13(8-12)16-5-3-4-15;1-8(2)11-4-9(6-12)3-10(5-11)7-13;2*1-8(2)9-3-4-10(7-13)11(5-9)6-12;1-8(2)10-5-4-9(3)11(6-10)7-12;2*1-7(2)8-3-4-10(11)9(5-8)6-12;1-7(2)9-5-3-4-8(6-12)10(9)11;1-7(2)9-3-8(6-11)4-10(12)5-9;1-8(2)10-5-3-4-9(6-10)7-11/h4-5,8,10,15H,3,6-7H2,1-2H3;6-8,10,15H,3-5H2,1-2H3;3*3-5,8,13H,7H2,1-2H3;4-6,8H,1-3H3;3*3-5,7H,1-2H3;3-5,7,12H,1-2H3;3-6,8H,1-2H3. The van der Waals surface area contributed by atoms with Gasteiger partial charge in [0.15, 0.2) is 0 Å². The molecule has 0 atom stereocenters. The lowest BCUT2D eigenvalue weighted by molar-refractivity contribution is 0.233. The van der Waals surface area contributed by atoms with Gasteiger partial charge in [0.2, 0.25) is 0 Å². The maximum absolute atomic E-state index is 13.3. The summed E-state index contributed by atoms with van der Waals surface area (Å²) >= 11 is 9.95. The summed E-state index contributed by atoms with van der Waals surface area (Å²) in [7, 11) is 0. The van der Waals surface area contributed by atoms with E-state index in [9.17, 15) is 13.9 Å². The number of thiol groups is 1. The normalized spacial score (nSPS) is 9.99. The van der Waals surface area contributed by atoms with Crippen molar-refractivity contribution in [2.45, 2.75) is 256 Å². The summed E-state index contributed by atoms with van der Waals surface area (Å²) in [5.74, 6) is 5.55. The lowest BCUT2D eigenvalue weighted by atomic mass is 9.98. The second-order valence-corrected chi connectivity index (χ2v) is 37.0. The number of aryl methyl sites for hydroxylation is 1. The predicted molar refractivity (Wildman–Crippen MR) is 568 cm³/mol. The molecule has 0 fully saturated rings. The predicted octanol–water partition coefficient (Wildman–Crippen LogP) is 29.4. The monoisotopic (exact) mass is 1950 g/mol. The van der Waals surface area contributed by atoms with Crippen molar-refractivity contribution in [2.24, 2.45) is 0 Å². The fraction of sp³-hybridized carbons (Fsp3) is 0.358. The minimum atomic E-state index is -0.443. The van der Waals surface area contributed by atoms with Crippen molar-refractivity contribution < 1.29 is 43.8 Å². The molecule has 0 unspecified atom stereocenters. The number of halogens is 3. The van der Waals surface area contributed by atoms with Gasteiger partial charge >= 0.3 is 0 Å². The molecule has 18 nitrogen and oxygen atoms in total. The van der Waals surface area contributed by atoms with Gasteiger partial charge < -0.3 is 35.0 Å². The summed E-state index contributed by atoms with van der Waals surface area (Å²) in [6, 6.07) is 84.8. The molecule has 742 valence electrons. The average molecular weight is 1950 g/mol. The van der Waals surface area contributed by atoms with E-state index >= 15 is 0 Å². The van der Waals surface area contributed by atoms with Crippen molar-refractivity contribution in [1.82, 2.24) is 0 Å². The molecule has 0 amide bonds. The van der Waals surface area contributed by atoms with Gasteiger partial charge in [0.1, 0.15) is 53.2 Å². The van der Waals surface area contributed by atoms with Gasteiger partial charge in [-0.2, -0.15) is 70.5 Å². The average Bonchev–Trinajstić information content (AvgIpc) is 0.882. The maximum atomic E-state index is 13.3. The van der Waals surface area contributed by atoms with Gasteiger partial charge in [-0.15, -0.1) is 0 Å². The smallest absolute Gasteiger partial charge is 0.144 e. The zero-order valence-electron chi connectivity index (χ0n) is 86.4. The van der Waals surface area contributed by atoms with Gasteiger partial charge in [0.05, 0.1) is 135 Å². The minimum absolute atomic E-state index is 0.00472. The Morgan fingerprint density at radius 1 is 0.310 bits per heavy atom. The Bertz CT molecular complexity index is 6050. The van der Waals surface area contributed by atoms with E-state index in [0.717, 1.165) is 72.3 Å². The Morgan fingerprint density at radius 3 is 1.11 bits per heavy atom. The second-order valence-electron chi connectivity index (χ2n) is 36.3. The molecule has 0 saturated heterocycles. The van der Waals surface area contributed by atoms with Crippen LogP contribution in [0.4, 0.5) is 8.78 Å². The van der Waals surface area contributed by atoms with E-state index in [2.05, 4.69) is 184 Å². The van der Waals surface area contributed by atoms with Crippen LogP contribution in [0.2, 0.25) is 5.02 Å². The number of hydrogen-bond donors (Lipinski definition) is 6. The summed E-state index contributed by atoms with van der Waals surface area (Å²) in [5, 5.41) is 141. The largest absolute Gasteiger partial charge is 0.508 e. The number of hydrogen-bond acceptors (Lipinski definition) is 19. The summed E-state index contributed by atoms with van der Waals surface area (Å²) in [4.78, 5) is 0. The van der Waals surface area contributed by atoms with Gasteiger partial charge in [-0.1, -0.05) is 249 Å². The molecule has 142 heavy (non-hydrogen) atoms. The zero-order valence-corrected chi connectivity index (χ0v) is 88.0. The highest BCUT2D eigenvalue weighted by molar-refractivity contribution is 7.79. The Labute approximate surface area is 854 Å². The molecule has 0 aromatic heterocycles. The molecule has 0 aliphatic heterocycles. The van der Waals surface area contributed by atoms with Gasteiger partial charge in [-0.05, 0) is 277 Å². The SMILES string of the molecule is CC(C)c1cc(C#N)cc(CO)c1.CC(C)c1cc(C#N)cc(OCCCO)c1.CC(C)c1cc(O)cc(C#N)c1.CC(C)c1ccc(CO)c(C#N)c1.CC(C)c1ccc(CS)c(C#N)c1.CC(C)c1ccc(Cl)c(C#N)c1.CC(C)c1ccc(F)c(C#N)c1.CC(C)c1ccc(OCCCO)c(C#N)c1.CC(C)c1cccc(C#N)c1.CC(C)c1cccc(C#N)c1F.Cc1ccc(C(C)C)cc1C#N. The lowest BCUT2D eigenvalue weighted by Gasteiger charge is -2.10. The number of phenols is 1. The molecule has 0 aliphatic carbocycles. The molecule has 0 heterocycles. The molecule has 11 rings (SSSR count). The highest BCUT2D eigenvalue weighted by Crippen LogP contribution is 2.30. The zero-order chi connectivity index (χ0) is 107. The number of nitriles is 11. The second kappa shape index (κ2) is 68.6. The molecule has 0 bridgehead atoms. The van der Waals surface area contributed by atoms with Crippen molar-refractivity contribution in [3.63, 3.8) is 0 Å². The van der Waals surface area contributed by atoms with Gasteiger partial charge in [0.25, 0.3) is 0 Å². The molecule has 11 aromatic rings. The van der Waals surface area contributed by atoms with Gasteiger partial charge in [-0.25, -0.2) is 8.78 Å². The van der Waals surface area contributed by atoms with Crippen LogP contribution in [0.5, 0.6) is 17.2 Å². The van der Waals surface area contributed by atoms with Crippen LogP contribution in [-0.2, 0) is 19.0 Å². The highest BCUT2D eigenvalue weighted by atomic mass is 35.5. The summed E-state index contributed by atoms with van der Waals surface area (Å²) in [6.45, 7) is 48.4. The molecular weight excluding hydrogens is 1810 g/mol. The Hall–Kier alpha value is -14.5. The fourth-order valence-corrected chi connectivity index (χ4v) is 12.9. The topological polar surface area (TPSA) is 381 Å². The van der Waals surface area contributed by atoms with E-state index in [4.69, 9.17) is 99.4 Å². The molecular formula is C120H138ClF2N11O7S.